The first-order chi connectivity index (χ1) is 5.24. The lowest BCUT2D eigenvalue weighted by molar-refractivity contribution is 0.197. The van der Waals surface area contributed by atoms with E-state index in [0.29, 0.717) is 5.92 Å². The second kappa shape index (κ2) is 3.73. The highest BCUT2D eigenvalue weighted by atomic mass is 15.1. The Labute approximate surface area is 68.8 Å². The molecular weight excluding hydrogens is 136 g/mol. The summed E-state index contributed by atoms with van der Waals surface area (Å²) in [4.78, 5) is 2.33. The average molecular weight is 152 g/mol. The molecule has 0 spiro atoms. The zero-order valence-corrected chi connectivity index (χ0v) is 7.38. The summed E-state index contributed by atoms with van der Waals surface area (Å²) in [7, 11) is 2.15. The van der Waals surface area contributed by atoms with Gasteiger partial charge in [-0.3, -0.25) is 0 Å². The van der Waals surface area contributed by atoms with E-state index in [-0.39, 0.29) is 5.92 Å². The Hall–Kier alpha value is -0.550. The minimum Gasteiger partial charge on any atom is -0.306 e. The van der Waals surface area contributed by atoms with Crippen molar-refractivity contribution in [2.24, 2.45) is 11.8 Å². The third-order valence-corrected chi connectivity index (χ3v) is 2.67. The Kier molecular flexibility index (Phi) is 2.90. The van der Waals surface area contributed by atoms with Gasteiger partial charge in [-0.25, -0.2) is 0 Å². The molecule has 0 N–H and O–H groups in total. The molecule has 0 amide bonds. The van der Waals surface area contributed by atoms with Crippen molar-refractivity contribution >= 4 is 0 Å². The molecule has 1 fully saturated rings. The minimum absolute atomic E-state index is 0.253. The van der Waals surface area contributed by atoms with Crippen LogP contribution in [0.3, 0.4) is 0 Å². The van der Waals surface area contributed by atoms with E-state index in [0.717, 1.165) is 13.1 Å². The second-order valence-electron chi connectivity index (χ2n) is 3.56. The van der Waals surface area contributed by atoms with Crippen molar-refractivity contribution in [3.8, 4) is 6.07 Å². The summed E-state index contributed by atoms with van der Waals surface area (Å²) >= 11 is 0. The van der Waals surface area contributed by atoms with Crippen LogP contribution in [0, 0.1) is 23.2 Å². The van der Waals surface area contributed by atoms with Gasteiger partial charge in [0.15, 0.2) is 0 Å². The zero-order chi connectivity index (χ0) is 8.27. The van der Waals surface area contributed by atoms with Crippen LogP contribution in [-0.2, 0) is 0 Å². The molecule has 0 aromatic carbocycles. The van der Waals surface area contributed by atoms with Crippen LogP contribution < -0.4 is 0 Å². The summed E-state index contributed by atoms with van der Waals surface area (Å²) in [5, 5.41) is 8.69. The molecule has 11 heavy (non-hydrogen) atoms. The average Bonchev–Trinajstić information content (AvgIpc) is 2.05. The van der Waals surface area contributed by atoms with E-state index in [2.05, 4.69) is 18.0 Å². The van der Waals surface area contributed by atoms with Gasteiger partial charge in [0.25, 0.3) is 0 Å². The highest BCUT2D eigenvalue weighted by Gasteiger charge is 2.21. The number of nitriles is 1. The summed E-state index contributed by atoms with van der Waals surface area (Å²) in [6, 6.07) is 2.33. The van der Waals surface area contributed by atoms with Crippen molar-refractivity contribution in [2.75, 3.05) is 20.1 Å². The van der Waals surface area contributed by atoms with Crippen molar-refractivity contribution in [3.63, 3.8) is 0 Å². The van der Waals surface area contributed by atoms with E-state index < -0.39 is 0 Å². The molecule has 1 unspecified atom stereocenters. The monoisotopic (exact) mass is 152 g/mol. The summed E-state index contributed by atoms with van der Waals surface area (Å²) in [6.07, 6.45) is 2.40. The van der Waals surface area contributed by atoms with Gasteiger partial charge in [0.2, 0.25) is 0 Å². The summed E-state index contributed by atoms with van der Waals surface area (Å²) < 4.78 is 0. The Morgan fingerprint density at radius 3 is 2.45 bits per heavy atom. The molecule has 0 bridgehead atoms. The smallest absolute Gasteiger partial charge is 0.0655 e. The summed E-state index contributed by atoms with van der Waals surface area (Å²) in [5.74, 6) is 0.903. The van der Waals surface area contributed by atoms with Gasteiger partial charge in [0.05, 0.1) is 6.07 Å². The van der Waals surface area contributed by atoms with Crippen LogP contribution in [0.25, 0.3) is 0 Å². The number of piperidine rings is 1. The summed E-state index contributed by atoms with van der Waals surface area (Å²) in [6.45, 7) is 4.36. The molecule has 1 saturated heterocycles. The van der Waals surface area contributed by atoms with Crippen molar-refractivity contribution in [2.45, 2.75) is 19.8 Å². The Bertz CT molecular complexity index is 151. The number of rotatable bonds is 1. The normalized spacial score (nSPS) is 24.5. The van der Waals surface area contributed by atoms with Gasteiger partial charge >= 0.3 is 0 Å². The first-order valence-electron chi connectivity index (χ1n) is 4.32. The minimum atomic E-state index is 0.253. The Morgan fingerprint density at radius 2 is 2.00 bits per heavy atom. The molecule has 1 heterocycles. The molecule has 2 heteroatoms. The van der Waals surface area contributed by atoms with Crippen molar-refractivity contribution in [1.29, 1.82) is 5.26 Å². The number of hydrogen-bond donors (Lipinski definition) is 0. The lowest BCUT2D eigenvalue weighted by Gasteiger charge is -2.30. The van der Waals surface area contributed by atoms with E-state index in [1.165, 1.54) is 12.8 Å². The maximum Gasteiger partial charge on any atom is 0.0655 e. The standard InChI is InChI=1S/C9H16N2/c1-8(7-10)9-3-5-11(2)6-4-9/h8-9H,3-6H2,1-2H3. The van der Waals surface area contributed by atoms with Crippen LogP contribution in [0.1, 0.15) is 19.8 Å². The predicted molar refractivity (Wildman–Crippen MR) is 45.0 cm³/mol. The maximum absolute atomic E-state index is 8.69. The second-order valence-corrected chi connectivity index (χ2v) is 3.56. The third kappa shape index (κ3) is 2.20. The molecule has 0 aliphatic carbocycles. The summed E-state index contributed by atoms with van der Waals surface area (Å²) in [5.41, 5.74) is 0. The van der Waals surface area contributed by atoms with Gasteiger partial charge in [-0.2, -0.15) is 5.26 Å². The van der Waals surface area contributed by atoms with E-state index in [1.807, 2.05) is 6.92 Å². The van der Waals surface area contributed by atoms with Gasteiger partial charge < -0.3 is 4.90 Å². The highest BCUT2D eigenvalue weighted by molar-refractivity contribution is 4.87. The van der Waals surface area contributed by atoms with Crippen molar-refractivity contribution in [1.82, 2.24) is 4.90 Å². The third-order valence-electron chi connectivity index (χ3n) is 2.67. The van der Waals surface area contributed by atoms with Crippen LogP contribution in [0.15, 0.2) is 0 Å². The van der Waals surface area contributed by atoms with Crippen LogP contribution >= 0.6 is 0 Å². The molecule has 0 saturated carbocycles. The van der Waals surface area contributed by atoms with Crippen molar-refractivity contribution < 1.29 is 0 Å². The van der Waals surface area contributed by atoms with Crippen LogP contribution in [-0.4, -0.2) is 25.0 Å². The fraction of sp³-hybridized carbons (Fsp3) is 0.889. The van der Waals surface area contributed by atoms with Crippen LogP contribution in [0.5, 0.6) is 0 Å². The lowest BCUT2D eigenvalue weighted by Crippen LogP contribution is -2.32. The maximum atomic E-state index is 8.69. The van der Waals surface area contributed by atoms with E-state index in [1.54, 1.807) is 0 Å². The van der Waals surface area contributed by atoms with E-state index >= 15 is 0 Å². The molecule has 1 rings (SSSR count). The van der Waals surface area contributed by atoms with Gasteiger partial charge in [-0.05, 0) is 45.8 Å². The fourth-order valence-electron chi connectivity index (χ4n) is 1.63. The van der Waals surface area contributed by atoms with Gasteiger partial charge in [0, 0.05) is 5.92 Å². The molecule has 0 radical (unpaired) electrons. The molecule has 1 aliphatic rings. The SMILES string of the molecule is CC(C#N)C1CCN(C)CC1. The predicted octanol–water partition coefficient (Wildman–Crippen LogP) is 1.49. The largest absolute Gasteiger partial charge is 0.306 e. The number of hydrogen-bond acceptors (Lipinski definition) is 2. The topological polar surface area (TPSA) is 27.0 Å². The van der Waals surface area contributed by atoms with Gasteiger partial charge in [-0.15, -0.1) is 0 Å². The number of nitrogens with zero attached hydrogens (tertiary/aromatic N) is 2. The number of likely N-dealkylation sites (tertiary alicyclic amines) is 1. The van der Waals surface area contributed by atoms with E-state index in [9.17, 15) is 0 Å². The first kappa shape index (κ1) is 8.55. The highest BCUT2D eigenvalue weighted by Crippen LogP contribution is 2.23. The van der Waals surface area contributed by atoms with E-state index in [4.69, 9.17) is 5.26 Å². The quantitative estimate of drug-likeness (QED) is 0.569. The zero-order valence-electron chi connectivity index (χ0n) is 7.38. The molecule has 0 aromatic heterocycles. The van der Waals surface area contributed by atoms with Gasteiger partial charge in [0.1, 0.15) is 0 Å². The molecular formula is C9H16N2. The Morgan fingerprint density at radius 1 is 1.45 bits per heavy atom. The molecule has 62 valence electrons. The molecule has 1 aliphatic heterocycles. The lowest BCUT2D eigenvalue weighted by atomic mass is 9.86. The molecule has 0 aromatic rings. The first-order valence-corrected chi connectivity index (χ1v) is 4.32. The van der Waals surface area contributed by atoms with Crippen LogP contribution in [0.4, 0.5) is 0 Å². The fourth-order valence-corrected chi connectivity index (χ4v) is 1.63. The Balaban J connectivity index is 2.34. The molecule has 1 atom stereocenters. The van der Waals surface area contributed by atoms with Crippen molar-refractivity contribution in [3.05, 3.63) is 0 Å². The van der Waals surface area contributed by atoms with Crippen LogP contribution in [0.2, 0.25) is 0 Å². The van der Waals surface area contributed by atoms with Gasteiger partial charge in [-0.1, -0.05) is 0 Å². The molecule has 2 nitrogen and oxygen atoms in total.